The van der Waals surface area contributed by atoms with Crippen LogP contribution in [-0.2, 0) is 13.1 Å². The van der Waals surface area contributed by atoms with E-state index in [0.29, 0.717) is 0 Å². The van der Waals surface area contributed by atoms with Crippen molar-refractivity contribution in [3.05, 3.63) is 34.9 Å². The van der Waals surface area contributed by atoms with Crippen molar-refractivity contribution in [2.75, 3.05) is 0 Å². The number of hydrogen-bond acceptors (Lipinski definition) is 0. The predicted octanol–water partition coefficient (Wildman–Crippen LogP) is 3.03. The monoisotopic (exact) mass is 152 g/mol. The normalized spacial score (nSPS) is 10.1. The van der Waals surface area contributed by atoms with E-state index < -0.39 is 0 Å². The van der Waals surface area contributed by atoms with E-state index in [2.05, 4.69) is 13.8 Å². The van der Waals surface area contributed by atoms with Gasteiger partial charge < -0.3 is 0 Å². The summed E-state index contributed by atoms with van der Waals surface area (Å²) in [5.74, 6) is 0. The molecule has 1 aromatic carbocycles. The number of benzene rings is 1. The Morgan fingerprint density at radius 1 is 1.36 bits per heavy atom. The third-order valence-corrected chi connectivity index (χ3v) is 1.95. The van der Waals surface area contributed by atoms with Gasteiger partial charge in [-0.3, -0.25) is 0 Å². The Morgan fingerprint density at radius 2 is 2.09 bits per heavy atom. The minimum atomic E-state index is -0.354. The predicted molar refractivity (Wildman–Crippen MR) is 45.4 cm³/mol. The number of alkyl halides is 1. The molecule has 0 bridgehead atoms. The fourth-order valence-corrected chi connectivity index (χ4v) is 1.19. The van der Waals surface area contributed by atoms with Crippen molar-refractivity contribution in [3.8, 4) is 0 Å². The van der Waals surface area contributed by atoms with E-state index in [1.807, 2.05) is 18.2 Å². The van der Waals surface area contributed by atoms with Gasteiger partial charge >= 0.3 is 0 Å². The number of aryl methyl sites for hydroxylation is 2. The first-order valence-electron chi connectivity index (χ1n) is 3.92. The zero-order valence-corrected chi connectivity index (χ0v) is 7.02. The fourth-order valence-electron chi connectivity index (χ4n) is 1.19. The van der Waals surface area contributed by atoms with Crippen molar-refractivity contribution in [1.82, 2.24) is 0 Å². The Kier molecular flexibility index (Phi) is 2.64. The lowest BCUT2D eigenvalue weighted by Gasteiger charge is -2.03. The van der Waals surface area contributed by atoms with Crippen LogP contribution in [0.2, 0.25) is 0 Å². The van der Waals surface area contributed by atoms with E-state index in [1.54, 1.807) is 0 Å². The molecular weight excluding hydrogens is 139 g/mol. The smallest absolute Gasteiger partial charge is 0.115 e. The highest BCUT2D eigenvalue weighted by Crippen LogP contribution is 2.12. The molecule has 0 atom stereocenters. The van der Waals surface area contributed by atoms with Gasteiger partial charge in [0, 0.05) is 0 Å². The summed E-state index contributed by atoms with van der Waals surface area (Å²) in [5, 5.41) is 0. The maximum Gasteiger partial charge on any atom is 0.115 e. The van der Waals surface area contributed by atoms with Gasteiger partial charge in [-0.15, -0.1) is 0 Å². The van der Waals surface area contributed by atoms with Crippen LogP contribution in [0.1, 0.15) is 23.6 Å². The summed E-state index contributed by atoms with van der Waals surface area (Å²) in [6, 6.07) is 5.76. The molecule has 0 fully saturated rings. The van der Waals surface area contributed by atoms with Crippen LogP contribution in [-0.4, -0.2) is 0 Å². The van der Waals surface area contributed by atoms with Gasteiger partial charge in [0.1, 0.15) is 6.67 Å². The minimum absolute atomic E-state index is 0.354. The molecule has 0 radical (unpaired) electrons. The summed E-state index contributed by atoms with van der Waals surface area (Å²) in [7, 11) is 0. The van der Waals surface area contributed by atoms with Gasteiger partial charge in [-0.2, -0.15) is 0 Å². The zero-order valence-electron chi connectivity index (χ0n) is 7.02. The summed E-state index contributed by atoms with van der Waals surface area (Å²) in [5.41, 5.74) is 3.29. The summed E-state index contributed by atoms with van der Waals surface area (Å²) < 4.78 is 12.2. The second kappa shape index (κ2) is 3.51. The molecule has 0 aliphatic heterocycles. The molecular formula is C10H13F. The van der Waals surface area contributed by atoms with Gasteiger partial charge in [0.15, 0.2) is 0 Å². The zero-order chi connectivity index (χ0) is 8.27. The molecule has 0 aliphatic carbocycles. The lowest BCUT2D eigenvalue weighted by atomic mass is 10.0. The maximum absolute atomic E-state index is 12.2. The van der Waals surface area contributed by atoms with E-state index in [9.17, 15) is 4.39 Å². The van der Waals surface area contributed by atoms with Gasteiger partial charge in [0.25, 0.3) is 0 Å². The van der Waals surface area contributed by atoms with Crippen molar-refractivity contribution in [3.63, 3.8) is 0 Å². The standard InChI is InChI=1S/C10H13F/c1-3-10-6-9(7-11)5-4-8(10)2/h4-6H,3,7H2,1-2H3. The molecule has 0 nitrogen and oxygen atoms in total. The third-order valence-electron chi connectivity index (χ3n) is 1.95. The van der Waals surface area contributed by atoms with Gasteiger partial charge in [-0.1, -0.05) is 25.1 Å². The molecule has 0 N–H and O–H groups in total. The molecule has 0 saturated heterocycles. The van der Waals surface area contributed by atoms with E-state index in [1.165, 1.54) is 11.1 Å². The average Bonchev–Trinajstić information content (AvgIpc) is 2.05. The molecule has 0 aliphatic rings. The first-order chi connectivity index (χ1) is 5.27. The van der Waals surface area contributed by atoms with Gasteiger partial charge in [-0.05, 0) is 30.0 Å². The Labute approximate surface area is 67.1 Å². The van der Waals surface area contributed by atoms with Crippen LogP contribution in [0.25, 0.3) is 0 Å². The van der Waals surface area contributed by atoms with Crippen molar-refractivity contribution in [1.29, 1.82) is 0 Å². The van der Waals surface area contributed by atoms with Crippen LogP contribution in [0.5, 0.6) is 0 Å². The van der Waals surface area contributed by atoms with Crippen LogP contribution in [0.4, 0.5) is 4.39 Å². The van der Waals surface area contributed by atoms with Crippen LogP contribution in [0, 0.1) is 6.92 Å². The summed E-state index contributed by atoms with van der Waals surface area (Å²) in [6.45, 7) is 3.79. The van der Waals surface area contributed by atoms with E-state index >= 15 is 0 Å². The third kappa shape index (κ3) is 1.79. The Morgan fingerprint density at radius 3 is 2.64 bits per heavy atom. The second-order valence-electron chi connectivity index (χ2n) is 2.75. The first-order valence-corrected chi connectivity index (χ1v) is 3.92. The van der Waals surface area contributed by atoms with Crippen LogP contribution >= 0.6 is 0 Å². The molecule has 0 heterocycles. The lowest BCUT2D eigenvalue weighted by Crippen LogP contribution is -1.88. The average molecular weight is 152 g/mol. The molecule has 0 spiro atoms. The first kappa shape index (κ1) is 8.25. The number of hydrogen-bond donors (Lipinski definition) is 0. The Hall–Kier alpha value is -0.850. The molecule has 0 unspecified atom stereocenters. The van der Waals surface area contributed by atoms with Gasteiger partial charge in [0.2, 0.25) is 0 Å². The molecule has 1 aromatic rings. The highest BCUT2D eigenvalue weighted by molar-refractivity contribution is 5.30. The van der Waals surface area contributed by atoms with Crippen LogP contribution in [0.3, 0.4) is 0 Å². The van der Waals surface area contributed by atoms with E-state index in [4.69, 9.17) is 0 Å². The fraction of sp³-hybridized carbons (Fsp3) is 0.400. The molecule has 0 saturated carbocycles. The molecule has 1 rings (SSSR count). The maximum atomic E-state index is 12.2. The number of halogens is 1. The quantitative estimate of drug-likeness (QED) is 0.611. The number of rotatable bonds is 2. The SMILES string of the molecule is CCc1cc(CF)ccc1C. The molecule has 60 valence electrons. The van der Waals surface area contributed by atoms with Crippen molar-refractivity contribution in [2.45, 2.75) is 26.9 Å². The molecule has 0 amide bonds. The topological polar surface area (TPSA) is 0 Å². The summed E-state index contributed by atoms with van der Waals surface area (Å²) in [4.78, 5) is 0. The van der Waals surface area contributed by atoms with Crippen LogP contribution < -0.4 is 0 Å². The lowest BCUT2D eigenvalue weighted by molar-refractivity contribution is 0.485. The van der Waals surface area contributed by atoms with Crippen molar-refractivity contribution in [2.24, 2.45) is 0 Å². The molecule has 1 heteroatoms. The van der Waals surface area contributed by atoms with E-state index in [-0.39, 0.29) is 6.67 Å². The van der Waals surface area contributed by atoms with Gasteiger partial charge in [-0.25, -0.2) is 4.39 Å². The summed E-state index contributed by atoms with van der Waals surface area (Å²) >= 11 is 0. The Bertz CT molecular complexity index is 241. The minimum Gasteiger partial charge on any atom is -0.246 e. The molecule has 11 heavy (non-hydrogen) atoms. The van der Waals surface area contributed by atoms with Crippen molar-refractivity contribution >= 4 is 0 Å². The summed E-state index contributed by atoms with van der Waals surface area (Å²) in [6.07, 6.45) is 0.986. The Balaban J connectivity index is 3.02. The highest BCUT2D eigenvalue weighted by Gasteiger charge is 1.96. The van der Waals surface area contributed by atoms with Crippen molar-refractivity contribution < 1.29 is 4.39 Å². The van der Waals surface area contributed by atoms with E-state index in [0.717, 1.165) is 12.0 Å². The largest absolute Gasteiger partial charge is 0.246 e. The van der Waals surface area contributed by atoms with Crippen LogP contribution in [0.15, 0.2) is 18.2 Å². The van der Waals surface area contributed by atoms with Gasteiger partial charge in [0.05, 0.1) is 0 Å². The second-order valence-corrected chi connectivity index (χ2v) is 2.75. The molecule has 0 aromatic heterocycles. The highest BCUT2D eigenvalue weighted by atomic mass is 19.1.